The number of rotatable bonds is 3. The molecule has 0 radical (unpaired) electrons. The van der Waals surface area contributed by atoms with Gasteiger partial charge in [0.25, 0.3) is 0 Å². The topological polar surface area (TPSA) is 63.3 Å². The maximum atomic E-state index is 11.0. The Morgan fingerprint density at radius 1 is 1.35 bits per heavy atom. The highest BCUT2D eigenvalue weighted by Gasteiger charge is 2.20. The molecular weight excluding hydrogens is 214 g/mol. The molecule has 0 aliphatic carbocycles. The van der Waals surface area contributed by atoms with E-state index < -0.39 is 0 Å². The maximum absolute atomic E-state index is 11.0. The van der Waals surface area contributed by atoms with E-state index in [-0.39, 0.29) is 16.9 Å². The van der Waals surface area contributed by atoms with Crippen molar-refractivity contribution in [2.75, 3.05) is 5.73 Å². The average Bonchev–Trinajstić information content (AvgIpc) is 2.17. The molecule has 1 aromatic carbocycles. The van der Waals surface area contributed by atoms with Crippen molar-refractivity contribution >= 4 is 11.5 Å². The number of aromatic hydroxyl groups is 1. The summed E-state index contributed by atoms with van der Waals surface area (Å²) in [7, 11) is 0. The van der Waals surface area contributed by atoms with E-state index in [0.29, 0.717) is 18.5 Å². The van der Waals surface area contributed by atoms with Gasteiger partial charge in [-0.05, 0) is 30.4 Å². The van der Waals surface area contributed by atoms with E-state index in [1.54, 1.807) is 13.0 Å². The number of benzene rings is 1. The Morgan fingerprint density at radius 3 is 2.41 bits per heavy atom. The number of anilines is 1. The lowest BCUT2D eigenvalue weighted by atomic mass is 9.84. The number of phenols is 1. The van der Waals surface area contributed by atoms with Gasteiger partial charge in [0.15, 0.2) is 0 Å². The van der Waals surface area contributed by atoms with E-state index in [9.17, 15) is 9.90 Å². The fraction of sp³-hybridized carbons (Fsp3) is 0.500. The zero-order valence-corrected chi connectivity index (χ0v) is 11.0. The van der Waals surface area contributed by atoms with Gasteiger partial charge in [0.05, 0.1) is 5.69 Å². The number of carbonyl (C=O) groups is 1. The Hall–Kier alpha value is -1.51. The first-order valence-corrected chi connectivity index (χ1v) is 5.83. The monoisotopic (exact) mass is 235 g/mol. The first kappa shape index (κ1) is 13.6. The molecule has 0 fully saturated rings. The molecule has 0 aliphatic heterocycles. The number of hydrogen-bond acceptors (Lipinski definition) is 3. The number of phenolic OH excluding ortho intramolecular Hbond substituents is 1. The van der Waals surface area contributed by atoms with Crippen LogP contribution in [0.1, 0.15) is 45.2 Å². The zero-order valence-electron chi connectivity index (χ0n) is 11.0. The summed E-state index contributed by atoms with van der Waals surface area (Å²) in [5, 5.41) is 9.94. The molecule has 1 rings (SSSR count). The van der Waals surface area contributed by atoms with Crippen LogP contribution in [0.25, 0.3) is 0 Å². The average molecular weight is 235 g/mol. The van der Waals surface area contributed by atoms with Gasteiger partial charge in [-0.15, -0.1) is 0 Å². The Balaban J connectivity index is 3.11. The first-order valence-electron chi connectivity index (χ1n) is 5.83. The summed E-state index contributed by atoms with van der Waals surface area (Å²) < 4.78 is 0. The number of hydrogen-bond donors (Lipinski definition) is 2. The largest absolute Gasteiger partial charge is 0.505 e. The molecule has 0 spiro atoms. The van der Waals surface area contributed by atoms with Crippen LogP contribution in [-0.4, -0.2) is 10.9 Å². The second-order valence-corrected chi connectivity index (χ2v) is 5.53. The standard InChI is InChI=1S/C14H21NO2/c1-9(16)5-6-10-7-11(14(2,3)4)13(17)12(15)8-10/h7-8,17H,5-6,15H2,1-4H3. The molecule has 3 N–H and O–H groups in total. The number of nitrogens with two attached hydrogens (primary N) is 1. The van der Waals surface area contributed by atoms with Gasteiger partial charge in [0, 0.05) is 12.0 Å². The highest BCUT2D eigenvalue weighted by atomic mass is 16.3. The summed E-state index contributed by atoms with van der Waals surface area (Å²) in [6.07, 6.45) is 1.18. The number of aryl methyl sites for hydroxylation is 1. The van der Waals surface area contributed by atoms with Crippen LogP contribution >= 0.6 is 0 Å². The fourth-order valence-corrected chi connectivity index (χ4v) is 1.76. The molecule has 3 nitrogen and oxygen atoms in total. The first-order chi connectivity index (χ1) is 7.71. The Bertz CT molecular complexity index is 431. The predicted octanol–water partition coefficient (Wildman–Crippen LogP) is 2.79. The lowest BCUT2D eigenvalue weighted by molar-refractivity contribution is -0.116. The van der Waals surface area contributed by atoms with Gasteiger partial charge < -0.3 is 15.6 Å². The molecule has 0 atom stereocenters. The van der Waals surface area contributed by atoms with Crippen molar-refractivity contribution in [3.8, 4) is 5.75 Å². The molecule has 0 aliphatic rings. The van der Waals surface area contributed by atoms with E-state index in [1.165, 1.54) is 0 Å². The molecule has 0 unspecified atom stereocenters. The van der Waals surface area contributed by atoms with Crippen LogP contribution < -0.4 is 5.73 Å². The van der Waals surface area contributed by atoms with Gasteiger partial charge in [0.1, 0.15) is 11.5 Å². The van der Waals surface area contributed by atoms with E-state index in [4.69, 9.17) is 5.73 Å². The Labute approximate surface area is 103 Å². The third-order valence-corrected chi connectivity index (χ3v) is 2.77. The van der Waals surface area contributed by atoms with Crippen LogP contribution in [0.3, 0.4) is 0 Å². The van der Waals surface area contributed by atoms with Gasteiger partial charge in [-0.2, -0.15) is 0 Å². The molecule has 0 amide bonds. The summed E-state index contributed by atoms with van der Waals surface area (Å²) in [5.74, 6) is 0.318. The minimum Gasteiger partial charge on any atom is -0.505 e. The SMILES string of the molecule is CC(=O)CCc1cc(N)c(O)c(C(C)(C)C)c1. The summed E-state index contributed by atoms with van der Waals surface area (Å²) in [6.45, 7) is 7.65. The van der Waals surface area contributed by atoms with Crippen molar-refractivity contribution in [1.29, 1.82) is 0 Å². The smallest absolute Gasteiger partial charge is 0.142 e. The van der Waals surface area contributed by atoms with Gasteiger partial charge in [-0.25, -0.2) is 0 Å². The molecule has 1 aromatic rings. The van der Waals surface area contributed by atoms with Crippen LogP contribution in [0.2, 0.25) is 0 Å². The quantitative estimate of drug-likeness (QED) is 0.625. The number of carbonyl (C=O) groups excluding carboxylic acids is 1. The predicted molar refractivity (Wildman–Crippen MR) is 70.2 cm³/mol. The second kappa shape index (κ2) is 4.78. The maximum Gasteiger partial charge on any atom is 0.142 e. The van der Waals surface area contributed by atoms with Crippen molar-refractivity contribution in [3.63, 3.8) is 0 Å². The molecule has 0 bridgehead atoms. The lowest BCUT2D eigenvalue weighted by Gasteiger charge is -2.22. The number of Topliss-reactive ketones (excluding diaryl/α,β-unsaturated/α-hetero) is 1. The van der Waals surface area contributed by atoms with Gasteiger partial charge in [0.2, 0.25) is 0 Å². The van der Waals surface area contributed by atoms with Crippen molar-refractivity contribution in [2.24, 2.45) is 0 Å². The molecule has 94 valence electrons. The van der Waals surface area contributed by atoms with E-state index in [0.717, 1.165) is 11.1 Å². The third kappa shape index (κ3) is 3.48. The van der Waals surface area contributed by atoms with E-state index in [2.05, 4.69) is 0 Å². The van der Waals surface area contributed by atoms with Crippen LogP contribution in [0.5, 0.6) is 5.75 Å². The fourth-order valence-electron chi connectivity index (χ4n) is 1.76. The summed E-state index contributed by atoms with van der Waals surface area (Å²) in [5.41, 5.74) is 7.84. The van der Waals surface area contributed by atoms with Crippen molar-refractivity contribution in [1.82, 2.24) is 0 Å². The minimum atomic E-state index is -0.162. The second-order valence-electron chi connectivity index (χ2n) is 5.53. The van der Waals surface area contributed by atoms with Crippen LogP contribution in [0, 0.1) is 0 Å². The molecule has 17 heavy (non-hydrogen) atoms. The normalized spacial score (nSPS) is 11.5. The van der Waals surface area contributed by atoms with Crippen LogP contribution in [0.4, 0.5) is 5.69 Å². The Morgan fingerprint density at radius 2 is 1.94 bits per heavy atom. The summed E-state index contributed by atoms with van der Waals surface area (Å²) in [4.78, 5) is 11.0. The molecule has 0 heterocycles. The van der Waals surface area contributed by atoms with Crippen molar-refractivity contribution < 1.29 is 9.90 Å². The summed E-state index contributed by atoms with van der Waals surface area (Å²) in [6, 6.07) is 3.68. The molecular formula is C14H21NO2. The Kier molecular flexibility index (Phi) is 3.81. The number of nitrogen functional groups attached to an aromatic ring is 1. The molecule has 0 aromatic heterocycles. The van der Waals surface area contributed by atoms with Gasteiger partial charge in [-0.3, -0.25) is 0 Å². The van der Waals surface area contributed by atoms with E-state index >= 15 is 0 Å². The van der Waals surface area contributed by atoms with Gasteiger partial charge >= 0.3 is 0 Å². The number of ketones is 1. The molecule has 0 saturated heterocycles. The molecule has 3 heteroatoms. The third-order valence-electron chi connectivity index (χ3n) is 2.77. The summed E-state index contributed by atoms with van der Waals surface area (Å²) >= 11 is 0. The van der Waals surface area contributed by atoms with Gasteiger partial charge in [-0.1, -0.05) is 26.8 Å². The van der Waals surface area contributed by atoms with Crippen molar-refractivity contribution in [2.45, 2.75) is 46.0 Å². The highest BCUT2D eigenvalue weighted by molar-refractivity contribution is 5.75. The van der Waals surface area contributed by atoms with Crippen LogP contribution in [-0.2, 0) is 16.6 Å². The van der Waals surface area contributed by atoms with Crippen molar-refractivity contribution in [3.05, 3.63) is 23.3 Å². The minimum absolute atomic E-state index is 0.157. The zero-order chi connectivity index (χ0) is 13.2. The lowest BCUT2D eigenvalue weighted by Crippen LogP contribution is -2.13. The molecule has 0 saturated carbocycles. The highest BCUT2D eigenvalue weighted by Crippen LogP contribution is 2.36. The van der Waals surface area contributed by atoms with Crippen LogP contribution in [0.15, 0.2) is 12.1 Å². The van der Waals surface area contributed by atoms with E-state index in [1.807, 2.05) is 26.8 Å².